The van der Waals surface area contributed by atoms with Crippen molar-refractivity contribution in [3.8, 4) is 29.1 Å². The summed E-state index contributed by atoms with van der Waals surface area (Å²) in [6.45, 7) is -0.578. The predicted octanol–water partition coefficient (Wildman–Crippen LogP) is 2.81. The lowest BCUT2D eigenvalue weighted by Gasteiger charge is -2.11. The van der Waals surface area contributed by atoms with Crippen LogP contribution in [0.2, 0.25) is 0 Å². The molecule has 2 aromatic carbocycles. The molecule has 162 valence electrons. The molecule has 0 aliphatic carbocycles. The Balaban J connectivity index is 1.91. The van der Waals surface area contributed by atoms with Crippen LogP contribution in [-0.4, -0.2) is 46.4 Å². The third-order valence-electron chi connectivity index (χ3n) is 3.92. The maximum Gasteiger partial charge on any atom is 0.331 e. The average Bonchev–Trinajstić information content (AvgIpc) is 2.80. The number of methoxy groups -OCH3 is 3. The van der Waals surface area contributed by atoms with E-state index in [9.17, 15) is 9.59 Å². The third kappa shape index (κ3) is 6.97. The number of esters is 1. The number of hydrogen-bond donors (Lipinski definition) is 1. The van der Waals surface area contributed by atoms with Crippen molar-refractivity contribution in [2.24, 2.45) is 0 Å². The summed E-state index contributed by atoms with van der Waals surface area (Å²) in [5.41, 5.74) is 1.07. The van der Waals surface area contributed by atoms with E-state index in [1.807, 2.05) is 6.07 Å². The molecule has 0 aromatic heterocycles. The minimum atomic E-state index is -0.694. The molecule has 0 unspecified atom stereocenters. The van der Waals surface area contributed by atoms with E-state index in [1.54, 1.807) is 36.4 Å². The molecule has 9 heteroatoms. The highest BCUT2D eigenvalue weighted by atomic mass is 16.5. The minimum absolute atomic E-state index is 0.109. The first kappa shape index (κ1) is 23.1. The van der Waals surface area contributed by atoms with Crippen LogP contribution in [0.3, 0.4) is 0 Å². The van der Waals surface area contributed by atoms with Gasteiger partial charge in [0.05, 0.1) is 27.0 Å². The van der Waals surface area contributed by atoms with Crippen molar-refractivity contribution >= 4 is 23.6 Å². The van der Waals surface area contributed by atoms with E-state index in [4.69, 9.17) is 28.9 Å². The molecule has 1 N–H and O–H groups in total. The molecule has 1 amide bonds. The maximum atomic E-state index is 12.1. The van der Waals surface area contributed by atoms with E-state index in [0.717, 1.165) is 0 Å². The van der Waals surface area contributed by atoms with Gasteiger partial charge in [-0.2, -0.15) is 5.26 Å². The van der Waals surface area contributed by atoms with Crippen LogP contribution in [0.25, 0.3) is 6.08 Å². The number of amides is 1. The molecule has 0 atom stereocenters. The molecule has 0 aliphatic rings. The van der Waals surface area contributed by atoms with Crippen molar-refractivity contribution in [3.05, 3.63) is 48.0 Å². The summed E-state index contributed by atoms with van der Waals surface area (Å²) in [5, 5.41) is 11.2. The van der Waals surface area contributed by atoms with Gasteiger partial charge in [-0.05, 0) is 35.9 Å². The predicted molar refractivity (Wildman–Crippen MR) is 112 cm³/mol. The van der Waals surface area contributed by atoms with Crippen molar-refractivity contribution < 1.29 is 33.3 Å². The zero-order valence-corrected chi connectivity index (χ0v) is 17.3. The highest BCUT2D eigenvalue weighted by Crippen LogP contribution is 2.29. The van der Waals surface area contributed by atoms with Crippen LogP contribution in [0.5, 0.6) is 23.0 Å². The molecule has 2 aromatic rings. The molecule has 0 saturated carbocycles. The molecular weight excluding hydrogens is 404 g/mol. The topological polar surface area (TPSA) is 116 Å². The van der Waals surface area contributed by atoms with Crippen molar-refractivity contribution in [1.82, 2.24) is 0 Å². The Kier molecular flexibility index (Phi) is 8.73. The Morgan fingerprint density at radius 2 is 1.77 bits per heavy atom. The highest BCUT2D eigenvalue weighted by Gasteiger charge is 2.11. The second kappa shape index (κ2) is 11.7. The molecule has 2 rings (SSSR count). The number of ether oxygens (including phenoxy) is 5. The lowest BCUT2D eigenvalue weighted by atomic mass is 10.2. The van der Waals surface area contributed by atoms with Crippen LogP contribution in [0.1, 0.15) is 5.56 Å². The lowest BCUT2D eigenvalue weighted by Crippen LogP contribution is -2.20. The lowest BCUT2D eigenvalue weighted by molar-refractivity contribution is -0.142. The van der Waals surface area contributed by atoms with Gasteiger partial charge in [0.15, 0.2) is 24.7 Å². The summed E-state index contributed by atoms with van der Waals surface area (Å²) < 4.78 is 25.7. The second-order valence-corrected chi connectivity index (χ2v) is 5.91. The SMILES string of the molecule is COc1ccc(NC(=O)COC(=O)/C=C/c2ccc(OCC#N)c(OC)c2)c(OC)c1. The van der Waals surface area contributed by atoms with Gasteiger partial charge >= 0.3 is 5.97 Å². The van der Waals surface area contributed by atoms with Gasteiger partial charge in [-0.1, -0.05) is 6.07 Å². The summed E-state index contributed by atoms with van der Waals surface area (Å²) in [5.74, 6) is 0.599. The van der Waals surface area contributed by atoms with Gasteiger partial charge in [-0.3, -0.25) is 4.79 Å². The summed E-state index contributed by atoms with van der Waals surface area (Å²) >= 11 is 0. The molecule has 9 nitrogen and oxygen atoms in total. The fourth-order valence-electron chi connectivity index (χ4n) is 2.45. The molecule has 31 heavy (non-hydrogen) atoms. The Morgan fingerprint density at radius 3 is 2.45 bits per heavy atom. The van der Waals surface area contributed by atoms with E-state index in [2.05, 4.69) is 5.32 Å². The van der Waals surface area contributed by atoms with Crippen LogP contribution >= 0.6 is 0 Å². The Morgan fingerprint density at radius 1 is 1.00 bits per heavy atom. The quantitative estimate of drug-likeness (QED) is 0.455. The number of rotatable bonds is 10. The maximum absolute atomic E-state index is 12.1. The first-order valence-corrected chi connectivity index (χ1v) is 9.05. The van der Waals surface area contributed by atoms with Crippen LogP contribution in [0.15, 0.2) is 42.5 Å². The Hall–Kier alpha value is -4.19. The van der Waals surface area contributed by atoms with Gasteiger partial charge in [0.25, 0.3) is 5.91 Å². The fraction of sp³-hybridized carbons (Fsp3) is 0.227. The van der Waals surface area contributed by atoms with Gasteiger partial charge in [-0.15, -0.1) is 0 Å². The van der Waals surface area contributed by atoms with Gasteiger partial charge in [-0.25, -0.2) is 4.79 Å². The summed E-state index contributed by atoms with van der Waals surface area (Å²) in [6.07, 6.45) is 2.69. The standard InChI is InChI=1S/C22H22N2O7/c1-27-16-6-7-17(19(13-16)28-2)24-21(25)14-31-22(26)9-5-15-4-8-18(30-11-10-23)20(12-15)29-3/h4-9,12-13H,11,14H2,1-3H3,(H,24,25)/b9-5+. The molecular formula is C22H22N2O7. The minimum Gasteiger partial charge on any atom is -0.497 e. The number of anilines is 1. The second-order valence-electron chi connectivity index (χ2n) is 5.91. The fourth-order valence-corrected chi connectivity index (χ4v) is 2.45. The number of nitrogens with one attached hydrogen (secondary N) is 1. The van der Waals surface area contributed by atoms with E-state index in [1.165, 1.54) is 33.5 Å². The number of carbonyl (C=O) groups is 2. The molecule has 0 fully saturated rings. The smallest absolute Gasteiger partial charge is 0.331 e. The van der Waals surface area contributed by atoms with Gasteiger partial charge < -0.3 is 29.0 Å². The number of benzene rings is 2. The summed E-state index contributed by atoms with van der Waals surface area (Å²) in [6, 6.07) is 11.7. The zero-order valence-electron chi connectivity index (χ0n) is 17.3. The molecule has 0 radical (unpaired) electrons. The summed E-state index contributed by atoms with van der Waals surface area (Å²) in [7, 11) is 4.45. The highest BCUT2D eigenvalue weighted by molar-refractivity contribution is 5.95. The van der Waals surface area contributed by atoms with Crippen LogP contribution < -0.4 is 24.3 Å². The number of hydrogen-bond acceptors (Lipinski definition) is 8. The number of nitriles is 1. The molecule has 0 saturated heterocycles. The Labute approximate surface area is 179 Å². The van der Waals surface area contributed by atoms with E-state index < -0.39 is 18.5 Å². The molecule has 0 bridgehead atoms. The molecule has 0 aliphatic heterocycles. The third-order valence-corrected chi connectivity index (χ3v) is 3.92. The largest absolute Gasteiger partial charge is 0.497 e. The average molecular weight is 426 g/mol. The van der Waals surface area contributed by atoms with Gasteiger partial charge in [0.2, 0.25) is 0 Å². The molecule has 0 spiro atoms. The van der Waals surface area contributed by atoms with Crippen LogP contribution in [0, 0.1) is 11.3 Å². The van der Waals surface area contributed by atoms with Crippen molar-refractivity contribution in [1.29, 1.82) is 5.26 Å². The summed E-state index contributed by atoms with van der Waals surface area (Å²) in [4.78, 5) is 24.0. The first-order chi connectivity index (χ1) is 15.0. The van der Waals surface area contributed by atoms with Crippen molar-refractivity contribution in [3.63, 3.8) is 0 Å². The van der Waals surface area contributed by atoms with E-state index in [-0.39, 0.29) is 6.61 Å². The van der Waals surface area contributed by atoms with Gasteiger partial charge in [0.1, 0.15) is 17.6 Å². The first-order valence-electron chi connectivity index (χ1n) is 9.05. The van der Waals surface area contributed by atoms with E-state index >= 15 is 0 Å². The molecule has 0 heterocycles. The van der Waals surface area contributed by atoms with Crippen LogP contribution in [-0.2, 0) is 14.3 Å². The monoisotopic (exact) mass is 426 g/mol. The Bertz CT molecular complexity index is 996. The number of nitrogens with zero attached hydrogens (tertiary/aromatic N) is 1. The van der Waals surface area contributed by atoms with Crippen molar-refractivity contribution in [2.75, 3.05) is 39.9 Å². The van der Waals surface area contributed by atoms with Gasteiger partial charge in [0, 0.05) is 12.1 Å². The van der Waals surface area contributed by atoms with Crippen molar-refractivity contribution in [2.45, 2.75) is 0 Å². The normalized spacial score (nSPS) is 10.1. The number of carbonyl (C=O) groups excluding carboxylic acids is 2. The zero-order chi connectivity index (χ0) is 22.6. The van der Waals surface area contributed by atoms with Crippen LogP contribution in [0.4, 0.5) is 5.69 Å². The van der Waals surface area contributed by atoms with E-state index in [0.29, 0.717) is 34.2 Å².